The summed E-state index contributed by atoms with van der Waals surface area (Å²) >= 11 is 0. The molecule has 0 spiro atoms. The van der Waals surface area contributed by atoms with Gasteiger partial charge in [0.2, 0.25) is 8.03 Å². The lowest BCUT2D eigenvalue weighted by Gasteiger charge is -2.27. The number of hydrogen-bond acceptors (Lipinski definition) is 6. The summed E-state index contributed by atoms with van der Waals surface area (Å²) in [6.07, 6.45) is 1.65. The van der Waals surface area contributed by atoms with Gasteiger partial charge in [-0.1, -0.05) is 30.3 Å². The Morgan fingerprint density at radius 1 is 1.29 bits per heavy atom. The van der Waals surface area contributed by atoms with Gasteiger partial charge in [0.1, 0.15) is 18.0 Å². The van der Waals surface area contributed by atoms with Crippen molar-refractivity contribution in [2.75, 3.05) is 13.1 Å². The number of nitrogens with two attached hydrogens (primary N) is 1. The second-order valence-electron chi connectivity index (χ2n) is 6.94. The van der Waals surface area contributed by atoms with Crippen molar-refractivity contribution in [2.45, 2.75) is 56.5 Å². The Bertz CT molecular complexity index is 672. The summed E-state index contributed by atoms with van der Waals surface area (Å²) in [4.78, 5) is 25.5. The maximum absolute atomic E-state index is 12.9. The number of unbranched alkanes of at least 4 members (excludes halogenated alkanes) is 1. The summed E-state index contributed by atoms with van der Waals surface area (Å²) in [7, 11) is -2.93. The molecule has 28 heavy (non-hydrogen) atoms. The van der Waals surface area contributed by atoms with Gasteiger partial charge in [0.15, 0.2) is 0 Å². The Morgan fingerprint density at radius 3 is 2.64 bits per heavy atom. The number of carboxylic acids is 1. The van der Waals surface area contributed by atoms with Crippen LogP contribution in [-0.2, 0) is 25.1 Å². The third-order valence-electron chi connectivity index (χ3n) is 4.82. The van der Waals surface area contributed by atoms with Crippen LogP contribution in [0.15, 0.2) is 30.3 Å². The highest BCUT2D eigenvalue weighted by Gasteiger charge is 2.38. The van der Waals surface area contributed by atoms with Gasteiger partial charge < -0.3 is 25.4 Å². The van der Waals surface area contributed by atoms with Crippen LogP contribution in [0.25, 0.3) is 0 Å². The molecule has 1 aromatic rings. The molecule has 1 amide bonds. The van der Waals surface area contributed by atoms with Gasteiger partial charge in [-0.05, 0) is 44.2 Å². The molecule has 0 aliphatic carbocycles. The van der Waals surface area contributed by atoms with E-state index >= 15 is 0 Å². The van der Waals surface area contributed by atoms with E-state index in [1.807, 2.05) is 30.3 Å². The SMILES string of the molecule is NCCCCC(O[PH](=O)[C@H](O)Cc1ccccc1)C(=O)N1CCC[C@H]1C(=O)O. The minimum absolute atomic E-state index is 0.157. The smallest absolute Gasteiger partial charge is 0.326 e. The molecule has 4 atom stereocenters. The number of rotatable bonds is 11. The molecule has 156 valence electrons. The molecule has 0 aromatic heterocycles. The molecule has 1 saturated heterocycles. The number of hydrogen-bond donors (Lipinski definition) is 3. The Hall–Kier alpha value is -1.73. The molecular weight excluding hydrogens is 383 g/mol. The number of carboxylic acid groups (broad SMARTS) is 1. The van der Waals surface area contributed by atoms with E-state index in [1.165, 1.54) is 4.90 Å². The first-order valence-corrected chi connectivity index (χ1v) is 11.0. The fourth-order valence-corrected chi connectivity index (χ4v) is 4.38. The predicted octanol–water partition coefficient (Wildman–Crippen LogP) is 1.61. The lowest BCUT2D eigenvalue weighted by molar-refractivity contribution is -0.151. The molecule has 1 fully saturated rings. The van der Waals surface area contributed by atoms with Crippen molar-refractivity contribution >= 4 is 19.9 Å². The molecule has 2 rings (SSSR count). The van der Waals surface area contributed by atoms with Crippen LogP contribution in [0, 0.1) is 0 Å². The zero-order chi connectivity index (χ0) is 20.5. The molecule has 1 aromatic carbocycles. The molecule has 1 aliphatic heterocycles. The van der Waals surface area contributed by atoms with E-state index < -0.39 is 37.9 Å². The summed E-state index contributed by atoms with van der Waals surface area (Å²) in [5.41, 5.74) is 6.31. The highest BCUT2D eigenvalue weighted by molar-refractivity contribution is 7.39. The number of likely N-dealkylation sites (tertiary alicyclic amines) is 1. The van der Waals surface area contributed by atoms with E-state index in [0.29, 0.717) is 38.8 Å². The number of carbonyl (C=O) groups is 2. The number of aliphatic hydroxyl groups excluding tert-OH is 1. The van der Waals surface area contributed by atoms with Gasteiger partial charge in [0, 0.05) is 13.0 Å². The third-order valence-corrected chi connectivity index (χ3v) is 6.08. The molecule has 1 aliphatic rings. The first-order chi connectivity index (χ1) is 13.4. The zero-order valence-electron chi connectivity index (χ0n) is 15.8. The van der Waals surface area contributed by atoms with Crippen molar-refractivity contribution in [3.63, 3.8) is 0 Å². The molecule has 2 unspecified atom stereocenters. The van der Waals surface area contributed by atoms with Crippen LogP contribution in [0.2, 0.25) is 0 Å². The van der Waals surface area contributed by atoms with Crippen LogP contribution >= 0.6 is 8.03 Å². The van der Waals surface area contributed by atoms with Gasteiger partial charge in [-0.15, -0.1) is 0 Å². The first kappa shape index (κ1) is 22.6. The van der Waals surface area contributed by atoms with E-state index in [0.717, 1.165) is 5.56 Å². The standard InChI is InChI=1S/C19H29N2O6P/c20-11-5-4-10-16(18(23)21-12-6-9-15(21)19(24)25)27-28(26)17(22)13-14-7-2-1-3-8-14/h1-3,7-8,15-17,22,28H,4-6,9-13,20H2,(H,24,25)/t15-,16?,17-/m0/s1. The number of aliphatic hydroxyl groups is 1. The van der Waals surface area contributed by atoms with Crippen molar-refractivity contribution in [2.24, 2.45) is 5.73 Å². The third kappa shape index (κ3) is 6.41. The minimum Gasteiger partial charge on any atom is -0.480 e. The molecule has 0 radical (unpaired) electrons. The van der Waals surface area contributed by atoms with Gasteiger partial charge in [0.25, 0.3) is 5.91 Å². The second-order valence-corrected chi connectivity index (χ2v) is 8.48. The molecule has 8 nitrogen and oxygen atoms in total. The van der Waals surface area contributed by atoms with E-state index in [4.69, 9.17) is 10.3 Å². The van der Waals surface area contributed by atoms with Crippen molar-refractivity contribution in [3.8, 4) is 0 Å². The fraction of sp³-hybridized carbons (Fsp3) is 0.579. The largest absolute Gasteiger partial charge is 0.480 e. The summed E-state index contributed by atoms with van der Waals surface area (Å²) < 4.78 is 18.0. The van der Waals surface area contributed by atoms with Crippen LogP contribution in [0.5, 0.6) is 0 Å². The molecule has 4 N–H and O–H groups in total. The van der Waals surface area contributed by atoms with Crippen molar-refractivity contribution in [3.05, 3.63) is 35.9 Å². The lowest BCUT2D eigenvalue weighted by atomic mass is 10.1. The van der Waals surface area contributed by atoms with E-state index in [-0.39, 0.29) is 12.8 Å². The first-order valence-electron chi connectivity index (χ1n) is 9.60. The van der Waals surface area contributed by atoms with E-state index in [2.05, 4.69) is 0 Å². The van der Waals surface area contributed by atoms with Crippen LogP contribution in [0.4, 0.5) is 0 Å². The number of amides is 1. The van der Waals surface area contributed by atoms with Gasteiger partial charge in [-0.3, -0.25) is 9.36 Å². The van der Waals surface area contributed by atoms with Crippen LogP contribution in [0.3, 0.4) is 0 Å². The molecule has 1 heterocycles. The summed E-state index contributed by atoms with van der Waals surface area (Å²) in [6, 6.07) is 8.21. The zero-order valence-corrected chi connectivity index (χ0v) is 16.8. The van der Waals surface area contributed by atoms with Gasteiger partial charge in [-0.2, -0.15) is 0 Å². The van der Waals surface area contributed by atoms with Gasteiger partial charge in [-0.25, -0.2) is 4.79 Å². The average molecular weight is 412 g/mol. The highest BCUT2D eigenvalue weighted by atomic mass is 31.1. The number of aliphatic carboxylic acids is 1. The minimum atomic E-state index is -2.93. The Morgan fingerprint density at radius 2 is 2.00 bits per heavy atom. The van der Waals surface area contributed by atoms with E-state index in [9.17, 15) is 24.4 Å². The fourth-order valence-electron chi connectivity index (χ4n) is 3.32. The van der Waals surface area contributed by atoms with Gasteiger partial charge in [0.05, 0.1) is 0 Å². The Labute approximate surface area is 165 Å². The lowest BCUT2D eigenvalue weighted by Crippen LogP contribution is -2.46. The van der Waals surface area contributed by atoms with Gasteiger partial charge >= 0.3 is 5.97 Å². The number of carbonyl (C=O) groups excluding carboxylic acids is 1. The van der Waals surface area contributed by atoms with Crippen LogP contribution in [-0.4, -0.2) is 58.1 Å². The quantitative estimate of drug-likeness (QED) is 0.372. The molecule has 0 saturated carbocycles. The van der Waals surface area contributed by atoms with E-state index in [1.54, 1.807) is 0 Å². The maximum Gasteiger partial charge on any atom is 0.326 e. The number of benzene rings is 1. The van der Waals surface area contributed by atoms with Crippen molar-refractivity contribution < 1.29 is 28.9 Å². The topological polar surface area (TPSA) is 130 Å². The summed E-state index contributed by atoms with van der Waals surface area (Å²) in [5, 5.41) is 19.6. The second kappa shape index (κ2) is 11.3. The summed E-state index contributed by atoms with van der Waals surface area (Å²) in [6.45, 7) is 0.786. The highest BCUT2D eigenvalue weighted by Crippen LogP contribution is 2.34. The predicted molar refractivity (Wildman–Crippen MR) is 105 cm³/mol. The molecular formula is C19H29N2O6P. The normalized spacial score (nSPS) is 19.9. The van der Waals surface area contributed by atoms with Crippen molar-refractivity contribution in [1.82, 2.24) is 4.90 Å². The monoisotopic (exact) mass is 412 g/mol. The number of nitrogens with zero attached hydrogens (tertiary/aromatic N) is 1. The average Bonchev–Trinajstić information content (AvgIpc) is 3.17. The van der Waals surface area contributed by atoms with Crippen molar-refractivity contribution in [1.29, 1.82) is 0 Å². The maximum atomic E-state index is 12.9. The van der Waals surface area contributed by atoms with Crippen LogP contribution in [0.1, 0.15) is 37.7 Å². The van der Waals surface area contributed by atoms with Crippen LogP contribution < -0.4 is 5.73 Å². The Kier molecular flexibility index (Phi) is 9.12. The Balaban J connectivity index is 2.03. The molecule has 0 bridgehead atoms. The molecule has 9 heteroatoms. The summed E-state index contributed by atoms with van der Waals surface area (Å²) in [5.74, 6) is -2.75.